The molecular formula is C18H19N3OS. The highest BCUT2D eigenvalue weighted by molar-refractivity contribution is 7.80. The number of anilines is 1. The van der Waals surface area contributed by atoms with Gasteiger partial charge < -0.3 is 4.74 Å². The van der Waals surface area contributed by atoms with Gasteiger partial charge in [0.15, 0.2) is 5.11 Å². The Morgan fingerprint density at radius 3 is 2.65 bits per heavy atom. The van der Waals surface area contributed by atoms with Crippen LogP contribution in [-0.4, -0.2) is 35.3 Å². The van der Waals surface area contributed by atoms with Crippen LogP contribution in [0.3, 0.4) is 0 Å². The average Bonchev–Trinajstić information content (AvgIpc) is 3.18. The molecular weight excluding hydrogens is 306 g/mol. The maximum absolute atomic E-state index is 5.78. The van der Waals surface area contributed by atoms with Crippen LogP contribution in [0.4, 0.5) is 5.69 Å². The Hall–Kier alpha value is -2.11. The van der Waals surface area contributed by atoms with Crippen molar-refractivity contribution >= 4 is 23.0 Å². The van der Waals surface area contributed by atoms with Gasteiger partial charge in [-0.15, -0.1) is 0 Å². The van der Waals surface area contributed by atoms with Gasteiger partial charge in [0.25, 0.3) is 0 Å². The number of fused-ring (bicyclic) bond motifs is 1. The van der Waals surface area contributed by atoms with Crippen LogP contribution in [0, 0.1) is 0 Å². The van der Waals surface area contributed by atoms with Crippen molar-refractivity contribution in [1.29, 1.82) is 0 Å². The molecule has 2 aliphatic rings. The molecule has 2 aliphatic heterocycles. The van der Waals surface area contributed by atoms with Crippen molar-refractivity contribution in [3.05, 3.63) is 60.2 Å². The number of para-hydroxylation sites is 1. The lowest BCUT2D eigenvalue weighted by molar-refractivity contribution is 0.0922. The summed E-state index contributed by atoms with van der Waals surface area (Å²) < 4.78 is 5.41. The van der Waals surface area contributed by atoms with E-state index in [-0.39, 0.29) is 6.17 Å². The number of rotatable bonds is 3. The molecule has 0 amide bonds. The van der Waals surface area contributed by atoms with Crippen molar-refractivity contribution in [3.8, 4) is 5.75 Å². The van der Waals surface area contributed by atoms with E-state index >= 15 is 0 Å². The normalized spacial score (nSPS) is 20.9. The maximum atomic E-state index is 5.78. The summed E-state index contributed by atoms with van der Waals surface area (Å²) in [5.74, 6) is 0.874. The second-order valence-corrected chi connectivity index (χ2v) is 6.14. The van der Waals surface area contributed by atoms with Crippen LogP contribution in [0.5, 0.6) is 5.75 Å². The van der Waals surface area contributed by atoms with E-state index in [0.717, 1.165) is 36.1 Å². The van der Waals surface area contributed by atoms with Gasteiger partial charge in [-0.2, -0.15) is 5.01 Å². The molecule has 1 atom stereocenters. The summed E-state index contributed by atoms with van der Waals surface area (Å²) in [4.78, 5) is 2.24. The van der Waals surface area contributed by atoms with E-state index in [2.05, 4.69) is 51.3 Å². The second-order valence-electron chi connectivity index (χ2n) is 5.78. The molecule has 0 bridgehead atoms. The molecule has 4 rings (SSSR count). The molecule has 2 aromatic carbocycles. The number of hydrazine groups is 1. The van der Waals surface area contributed by atoms with Crippen LogP contribution in [0.1, 0.15) is 18.2 Å². The zero-order valence-electron chi connectivity index (χ0n) is 13.1. The van der Waals surface area contributed by atoms with Crippen LogP contribution >= 0.6 is 12.2 Å². The Morgan fingerprint density at radius 2 is 1.87 bits per heavy atom. The van der Waals surface area contributed by atoms with Gasteiger partial charge in [0, 0.05) is 18.8 Å². The van der Waals surface area contributed by atoms with Crippen LogP contribution in [-0.2, 0) is 0 Å². The predicted octanol–water partition coefficient (Wildman–Crippen LogP) is 3.42. The van der Waals surface area contributed by atoms with Crippen LogP contribution in [0.25, 0.3) is 0 Å². The molecule has 0 aromatic heterocycles. The molecule has 23 heavy (non-hydrogen) atoms. The van der Waals surface area contributed by atoms with Crippen molar-refractivity contribution in [1.82, 2.24) is 10.0 Å². The minimum absolute atomic E-state index is 0.0856. The van der Waals surface area contributed by atoms with Gasteiger partial charge in [0.2, 0.25) is 0 Å². The van der Waals surface area contributed by atoms with E-state index in [1.54, 1.807) is 7.11 Å². The third kappa shape index (κ3) is 2.36. The molecule has 0 unspecified atom stereocenters. The number of benzene rings is 2. The molecule has 0 spiro atoms. The maximum Gasteiger partial charge on any atom is 0.192 e. The second kappa shape index (κ2) is 5.83. The van der Waals surface area contributed by atoms with Crippen LogP contribution in [0.15, 0.2) is 54.6 Å². The first kappa shape index (κ1) is 14.5. The fraction of sp³-hybridized carbons (Fsp3) is 0.278. The Balaban J connectivity index is 1.80. The molecule has 118 valence electrons. The van der Waals surface area contributed by atoms with Crippen molar-refractivity contribution in [2.75, 3.05) is 25.1 Å². The highest BCUT2D eigenvalue weighted by atomic mass is 32.1. The van der Waals surface area contributed by atoms with E-state index in [0.29, 0.717) is 0 Å². The summed E-state index contributed by atoms with van der Waals surface area (Å²) >= 11 is 5.78. The van der Waals surface area contributed by atoms with Gasteiger partial charge in [-0.3, -0.25) is 9.91 Å². The molecule has 0 saturated carbocycles. The van der Waals surface area contributed by atoms with Gasteiger partial charge >= 0.3 is 0 Å². The lowest BCUT2D eigenvalue weighted by Gasteiger charge is -2.29. The molecule has 0 radical (unpaired) electrons. The topological polar surface area (TPSA) is 19.0 Å². The summed E-state index contributed by atoms with van der Waals surface area (Å²) in [6, 6.07) is 18.6. The third-order valence-electron chi connectivity index (χ3n) is 4.45. The molecule has 2 fully saturated rings. The number of thiocarbonyl (C=S) groups is 1. The van der Waals surface area contributed by atoms with E-state index in [9.17, 15) is 0 Å². The summed E-state index contributed by atoms with van der Waals surface area (Å²) in [6.07, 6.45) is 1.23. The minimum atomic E-state index is 0.0856. The molecule has 5 heteroatoms. The summed E-state index contributed by atoms with van der Waals surface area (Å²) in [7, 11) is 1.70. The summed E-state index contributed by atoms with van der Waals surface area (Å²) in [5.41, 5.74) is 2.32. The number of methoxy groups -OCH3 is 1. The van der Waals surface area contributed by atoms with Crippen LogP contribution in [0.2, 0.25) is 0 Å². The fourth-order valence-electron chi connectivity index (χ4n) is 3.42. The average molecular weight is 325 g/mol. The zero-order valence-corrected chi connectivity index (χ0v) is 13.9. The largest absolute Gasteiger partial charge is 0.497 e. The lowest BCUT2D eigenvalue weighted by Crippen LogP contribution is -2.32. The quantitative estimate of drug-likeness (QED) is 0.803. The van der Waals surface area contributed by atoms with E-state index < -0.39 is 0 Å². The highest BCUT2D eigenvalue weighted by Gasteiger charge is 2.45. The van der Waals surface area contributed by atoms with Gasteiger partial charge in [0.05, 0.1) is 7.11 Å². The van der Waals surface area contributed by atoms with Crippen molar-refractivity contribution < 1.29 is 4.74 Å². The molecule has 2 saturated heterocycles. The first-order chi connectivity index (χ1) is 11.3. The predicted molar refractivity (Wildman–Crippen MR) is 95.3 cm³/mol. The van der Waals surface area contributed by atoms with Gasteiger partial charge in [-0.25, -0.2) is 0 Å². The highest BCUT2D eigenvalue weighted by Crippen LogP contribution is 2.41. The number of nitrogens with zero attached hydrogens (tertiary/aromatic N) is 3. The monoisotopic (exact) mass is 325 g/mol. The van der Waals surface area contributed by atoms with E-state index in [1.165, 1.54) is 5.56 Å². The van der Waals surface area contributed by atoms with Crippen molar-refractivity contribution in [2.45, 2.75) is 12.6 Å². The first-order valence-corrected chi connectivity index (χ1v) is 8.27. The number of ether oxygens (including phenoxy) is 1. The number of hydrogen-bond donors (Lipinski definition) is 0. The Morgan fingerprint density at radius 1 is 1.04 bits per heavy atom. The van der Waals surface area contributed by atoms with Crippen molar-refractivity contribution in [3.63, 3.8) is 0 Å². The minimum Gasteiger partial charge on any atom is -0.497 e. The number of hydrogen-bond acceptors (Lipinski definition) is 3. The Labute approximate surface area is 141 Å². The Kier molecular flexibility index (Phi) is 3.67. The molecule has 2 heterocycles. The smallest absolute Gasteiger partial charge is 0.192 e. The third-order valence-corrected chi connectivity index (χ3v) is 4.85. The summed E-state index contributed by atoms with van der Waals surface area (Å²) in [5, 5.41) is 5.47. The first-order valence-electron chi connectivity index (χ1n) is 7.86. The summed E-state index contributed by atoms with van der Waals surface area (Å²) in [6.45, 7) is 2.01. The molecule has 4 nitrogen and oxygen atoms in total. The molecule has 0 N–H and O–H groups in total. The Bertz CT molecular complexity index is 721. The standard InChI is InChI=1S/C18H19N3OS/c1-22-16-10-5-7-14(13-16)17-19-11-6-12-20(19)18(23)21(17)15-8-3-2-4-9-15/h2-5,7-10,13,17H,6,11-12H2,1H3/t17-/m0/s1. The SMILES string of the molecule is COc1cccc([C@@H]2N(c3ccccc3)C(=S)N3CCCN23)c1. The van der Waals surface area contributed by atoms with Crippen LogP contribution < -0.4 is 9.64 Å². The van der Waals surface area contributed by atoms with Gasteiger partial charge in [0.1, 0.15) is 11.9 Å². The van der Waals surface area contributed by atoms with E-state index in [4.69, 9.17) is 17.0 Å². The zero-order chi connectivity index (χ0) is 15.8. The molecule has 0 aliphatic carbocycles. The lowest BCUT2D eigenvalue weighted by atomic mass is 10.1. The van der Waals surface area contributed by atoms with E-state index in [1.807, 2.05) is 18.2 Å². The van der Waals surface area contributed by atoms with Gasteiger partial charge in [-0.05, 0) is 48.5 Å². The fourth-order valence-corrected chi connectivity index (χ4v) is 3.82. The van der Waals surface area contributed by atoms with Crippen molar-refractivity contribution in [2.24, 2.45) is 0 Å². The van der Waals surface area contributed by atoms with Gasteiger partial charge in [-0.1, -0.05) is 30.3 Å². The molecule has 2 aromatic rings.